The van der Waals surface area contributed by atoms with Gasteiger partial charge < -0.3 is 14.6 Å². The predicted molar refractivity (Wildman–Crippen MR) is 92.9 cm³/mol. The lowest BCUT2D eigenvalue weighted by Crippen LogP contribution is -2.28. The van der Waals surface area contributed by atoms with Gasteiger partial charge in [0, 0.05) is 38.4 Å². The molecule has 4 heteroatoms. The van der Waals surface area contributed by atoms with E-state index in [-0.39, 0.29) is 5.91 Å². The second-order valence-electron chi connectivity index (χ2n) is 6.73. The minimum atomic E-state index is 0.0818. The van der Waals surface area contributed by atoms with Gasteiger partial charge >= 0.3 is 0 Å². The number of aromatic nitrogens is 1. The van der Waals surface area contributed by atoms with Crippen LogP contribution in [0.1, 0.15) is 41.4 Å². The number of para-hydroxylation sites is 1. The summed E-state index contributed by atoms with van der Waals surface area (Å²) < 4.78 is 5.07. The molecule has 1 aliphatic rings. The van der Waals surface area contributed by atoms with Crippen LogP contribution < -0.4 is 0 Å². The van der Waals surface area contributed by atoms with Crippen LogP contribution >= 0.6 is 0 Å². The average molecular weight is 314 g/mol. The minimum absolute atomic E-state index is 0.0818. The van der Waals surface area contributed by atoms with Gasteiger partial charge in [-0.1, -0.05) is 19.1 Å². The van der Waals surface area contributed by atoms with Gasteiger partial charge in [-0.25, -0.2) is 0 Å². The number of carbonyl (C=O) groups excluding carboxylic acids is 1. The molecule has 1 N–H and O–H groups in total. The molecule has 0 radical (unpaired) electrons. The monoisotopic (exact) mass is 314 g/mol. The number of hydrogen-bond donors (Lipinski definition) is 1. The Kier molecular flexibility index (Phi) is 4.71. The first-order valence-corrected chi connectivity index (χ1v) is 8.48. The van der Waals surface area contributed by atoms with E-state index in [0.717, 1.165) is 36.3 Å². The molecule has 0 saturated carbocycles. The van der Waals surface area contributed by atoms with Gasteiger partial charge in [0.05, 0.1) is 11.1 Å². The van der Waals surface area contributed by atoms with Crippen molar-refractivity contribution >= 4 is 16.8 Å². The Hall–Kier alpha value is -1.81. The van der Waals surface area contributed by atoms with Crippen molar-refractivity contribution in [3.8, 4) is 0 Å². The van der Waals surface area contributed by atoms with E-state index in [9.17, 15) is 4.79 Å². The molecule has 124 valence electrons. The van der Waals surface area contributed by atoms with E-state index in [0.29, 0.717) is 13.2 Å². The van der Waals surface area contributed by atoms with Gasteiger partial charge in [-0.05, 0) is 43.2 Å². The van der Waals surface area contributed by atoms with Crippen LogP contribution in [0.2, 0.25) is 0 Å². The van der Waals surface area contributed by atoms with Crippen LogP contribution in [-0.4, -0.2) is 43.1 Å². The molecular formula is C19H26N2O2. The van der Waals surface area contributed by atoms with E-state index >= 15 is 0 Å². The van der Waals surface area contributed by atoms with Crippen LogP contribution in [0, 0.1) is 5.92 Å². The molecule has 0 fully saturated rings. The molecule has 0 spiro atoms. The maximum absolute atomic E-state index is 12.8. The summed E-state index contributed by atoms with van der Waals surface area (Å²) in [5.41, 5.74) is 4.52. The SMILES string of the molecule is COCCCN(C)C(=O)c1cccc2c3c([nH]c12)CC[C@@H](C)C3. The van der Waals surface area contributed by atoms with Crippen LogP contribution in [0.15, 0.2) is 18.2 Å². The highest BCUT2D eigenvalue weighted by atomic mass is 16.5. The molecule has 1 atom stereocenters. The van der Waals surface area contributed by atoms with Gasteiger partial charge in [0.25, 0.3) is 5.91 Å². The van der Waals surface area contributed by atoms with E-state index in [1.165, 1.54) is 23.1 Å². The fraction of sp³-hybridized carbons (Fsp3) is 0.526. The Bertz CT molecular complexity index is 705. The largest absolute Gasteiger partial charge is 0.385 e. The number of H-pyrrole nitrogens is 1. The number of benzene rings is 1. The standard InChI is InChI=1S/C19H26N2O2/c1-13-8-9-17-16(12-13)14-6-4-7-15(18(14)20-17)19(22)21(2)10-5-11-23-3/h4,6-7,13,20H,5,8-12H2,1-3H3/t13-/m1/s1. The number of fused-ring (bicyclic) bond motifs is 3. The summed E-state index contributed by atoms with van der Waals surface area (Å²) in [6, 6.07) is 6.08. The lowest BCUT2D eigenvalue weighted by atomic mass is 9.87. The first-order chi connectivity index (χ1) is 11.1. The smallest absolute Gasteiger partial charge is 0.255 e. The van der Waals surface area contributed by atoms with Crippen LogP contribution in [0.25, 0.3) is 10.9 Å². The number of aryl methyl sites for hydroxylation is 1. The molecule has 1 aliphatic carbocycles. The first kappa shape index (κ1) is 16.1. The van der Waals surface area contributed by atoms with Crippen molar-refractivity contribution in [2.45, 2.75) is 32.6 Å². The van der Waals surface area contributed by atoms with Gasteiger partial charge in [-0.3, -0.25) is 4.79 Å². The fourth-order valence-corrected chi connectivity index (χ4v) is 3.55. The Balaban J connectivity index is 1.91. The Morgan fingerprint density at radius 1 is 1.43 bits per heavy atom. The summed E-state index contributed by atoms with van der Waals surface area (Å²) >= 11 is 0. The summed E-state index contributed by atoms with van der Waals surface area (Å²) in [6.45, 7) is 3.69. The van der Waals surface area contributed by atoms with Gasteiger partial charge in [-0.15, -0.1) is 0 Å². The Labute approximate surface area is 137 Å². The van der Waals surface area contributed by atoms with Crippen molar-refractivity contribution < 1.29 is 9.53 Å². The van der Waals surface area contributed by atoms with Crippen LogP contribution in [0.4, 0.5) is 0 Å². The molecule has 0 unspecified atom stereocenters. The van der Waals surface area contributed by atoms with Crippen molar-refractivity contribution in [1.82, 2.24) is 9.88 Å². The van der Waals surface area contributed by atoms with Gasteiger partial charge in [0.1, 0.15) is 0 Å². The number of amides is 1. The van der Waals surface area contributed by atoms with E-state index in [4.69, 9.17) is 4.74 Å². The zero-order valence-electron chi connectivity index (χ0n) is 14.3. The lowest BCUT2D eigenvalue weighted by Gasteiger charge is -2.18. The van der Waals surface area contributed by atoms with Crippen molar-refractivity contribution in [3.63, 3.8) is 0 Å². The van der Waals surface area contributed by atoms with Gasteiger partial charge in [0.15, 0.2) is 0 Å². The minimum Gasteiger partial charge on any atom is -0.385 e. The first-order valence-electron chi connectivity index (χ1n) is 8.48. The third-order valence-corrected chi connectivity index (χ3v) is 4.89. The second kappa shape index (κ2) is 6.75. The molecule has 0 aliphatic heterocycles. The Morgan fingerprint density at radius 3 is 3.04 bits per heavy atom. The maximum atomic E-state index is 12.8. The summed E-state index contributed by atoms with van der Waals surface area (Å²) in [6.07, 6.45) is 4.27. The number of hydrogen-bond acceptors (Lipinski definition) is 2. The molecule has 1 aromatic heterocycles. The molecular weight excluding hydrogens is 288 g/mol. The molecule has 1 heterocycles. The average Bonchev–Trinajstić information content (AvgIpc) is 2.92. The van der Waals surface area contributed by atoms with Crippen molar-refractivity contribution in [1.29, 1.82) is 0 Å². The third kappa shape index (κ3) is 3.13. The van der Waals surface area contributed by atoms with Crippen LogP contribution in [-0.2, 0) is 17.6 Å². The quantitative estimate of drug-likeness (QED) is 0.860. The zero-order chi connectivity index (χ0) is 16.4. The summed E-state index contributed by atoms with van der Waals surface area (Å²) in [5, 5.41) is 1.22. The van der Waals surface area contributed by atoms with E-state index < -0.39 is 0 Å². The van der Waals surface area contributed by atoms with Crippen molar-refractivity contribution in [2.24, 2.45) is 5.92 Å². The molecule has 23 heavy (non-hydrogen) atoms. The number of methoxy groups -OCH3 is 1. The second-order valence-corrected chi connectivity index (χ2v) is 6.73. The van der Waals surface area contributed by atoms with Gasteiger partial charge in [-0.2, -0.15) is 0 Å². The van der Waals surface area contributed by atoms with E-state index in [1.807, 2.05) is 19.2 Å². The third-order valence-electron chi connectivity index (χ3n) is 4.89. The number of aromatic amines is 1. The summed E-state index contributed by atoms with van der Waals surface area (Å²) in [4.78, 5) is 18.1. The number of ether oxygens (including phenoxy) is 1. The number of rotatable bonds is 5. The highest BCUT2D eigenvalue weighted by molar-refractivity contribution is 6.06. The fourth-order valence-electron chi connectivity index (χ4n) is 3.55. The maximum Gasteiger partial charge on any atom is 0.255 e. The normalized spacial score (nSPS) is 17.3. The van der Waals surface area contributed by atoms with Crippen LogP contribution in [0.5, 0.6) is 0 Å². The van der Waals surface area contributed by atoms with Crippen LogP contribution in [0.3, 0.4) is 0 Å². The highest BCUT2D eigenvalue weighted by Gasteiger charge is 2.23. The Morgan fingerprint density at radius 2 is 2.26 bits per heavy atom. The molecule has 1 aromatic carbocycles. The molecule has 1 amide bonds. The van der Waals surface area contributed by atoms with Crippen molar-refractivity contribution in [3.05, 3.63) is 35.0 Å². The molecule has 2 aromatic rings. The molecule has 4 nitrogen and oxygen atoms in total. The van der Waals surface area contributed by atoms with Crippen molar-refractivity contribution in [2.75, 3.05) is 27.3 Å². The van der Waals surface area contributed by atoms with Gasteiger partial charge in [0.2, 0.25) is 0 Å². The summed E-state index contributed by atoms with van der Waals surface area (Å²) in [7, 11) is 3.55. The zero-order valence-corrected chi connectivity index (χ0v) is 14.3. The number of carbonyl (C=O) groups is 1. The predicted octanol–water partition coefficient (Wildman–Crippen LogP) is 3.40. The molecule has 0 bridgehead atoms. The van der Waals surface area contributed by atoms with E-state index in [1.54, 1.807) is 12.0 Å². The summed E-state index contributed by atoms with van der Waals surface area (Å²) in [5.74, 6) is 0.802. The lowest BCUT2D eigenvalue weighted by molar-refractivity contribution is 0.0781. The molecule has 3 rings (SSSR count). The highest BCUT2D eigenvalue weighted by Crippen LogP contribution is 2.33. The molecule has 0 saturated heterocycles. The number of nitrogens with zero attached hydrogens (tertiary/aromatic N) is 1. The topological polar surface area (TPSA) is 45.3 Å². The van der Waals surface area contributed by atoms with E-state index in [2.05, 4.69) is 18.0 Å². The number of nitrogens with one attached hydrogen (secondary N) is 1.